The zero-order valence-electron chi connectivity index (χ0n) is 12.3. The van der Waals surface area contributed by atoms with Crippen molar-refractivity contribution in [2.75, 3.05) is 0 Å². The molecular formula is C17H30O. The van der Waals surface area contributed by atoms with Gasteiger partial charge in [-0.1, -0.05) is 33.1 Å². The molecule has 2 saturated carbocycles. The predicted molar refractivity (Wildman–Crippen MR) is 76.5 cm³/mol. The van der Waals surface area contributed by atoms with Crippen molar-refractivity contribution in [1.29, 1.82) is 0 Å². The van der Waals surface area contributed by atoms with Crippen LogP contribution in [0.2, 0.25) is 0 Å². The molecule has 2 rings (SSSR count). The summed E-state index contributed by atoms with van der Waals surface area (Å²) in [6.45, 7) is 4.35. The van der Waals surface area contributed by atoms with E-state index in [9.17, 15) is 4.79 Å². The molecule has 0 saturated heterocycles. The molecule has 18 heavy (non-hydrogen) atoms. The highest BCUT2D eigenvalue weighted by Crippen LogP contribution is 2.42. The van der Waals surface area contributed by atoms with Crippen LogP contribution in [0.3, 0.4) is 0 Å². The largest absolute Gasteiger partial charge is 0.299 e. The van der Waals surface area contributed by atoms with E-state index in [1.54, 1.807) is 0 Å². The van der Waals surface area contributed by atoms with Crippen molar-refractivity contribution in [3.8, 4) is 0 Å². The molecular weight excluding hydrogens is 220 g/mol. The van der Waals surface area contributed by atoms with Gasteiger partial charge in [0.1, 0.15) is 5.78 Å². The fourth-order valence-corrected chi connectivity index (χ4v) is 4.27. The quantitative estimate of drug-likeness (QED) is 0.687. The second kappa shape index (κ2) is 6.73. The van der Waals surface area contributed by atoms with Gasteiger partial charge in [-0.2, -0.15) is 0 Å². The van der Waals surface area contributed by atoms with Crippen LogP contribution < -0.4 is 0 Å². The molecule has 0 aromatic heterocycles. The average Bonchev–Trinajstić information content (AvgIpc) is 2.47. The smallest absolute Gasteiger partial charge is 0.135 e. The summed E-state index contributed by atoms with van der Waals surface area (Å²) < 4.78 is 0. The van der Waals surface area contributed by atoms with E-state index in [1.165, 1.54) is 57.8 Å². The van der Waals surface area contributed by atoms with Crippen LogP contribution in [-0.4, -0.2) is 5.78 Å². The van der Waals surface area contributed by atoms with Gasteiger partial charge in [-0.25, -0.2) is 0 Å². The number of ketones is 1. The second-order valence-corrected chi connectivity index (χ2v) is 6.62. The first kappa shape index (κ1) is 14.1. The van der Waals surface area contributed by atoms with Gasteiger partial charge in [0, 0.05) is 12.3 Å². The molecule has 2 aliphatic carbocycles. The molecule has 0 amide bonds. The van der Waals surface area contributed by atoms with Crippen molar-refractivity contribution in [2.24, 2.45) is 23.7 Å². The van der Waals surface area contributed by atoms with E-state index in [4.69, 9.17) is 0 Å². The second-order valence-electron chi connectivity index (χ2n) is 6.62. The topological polar surface area (TPSA) is 17.1 Å². The molecule has 0 aliphatic heterocycles. The van der Waals surface area contributed by atoms with E-state index in [-0.39, 0.29) is 0 Å². The molecule has 0 radical (unpaired) electrons. The first-order chi connectivity index (χ1) is 8.74. The van der Waals surface area contributed by atoms with Gasteiger partial charge in [0.25, 0.3) is 0 Å². The summed E-state index contributed by atoms with van der Waals surface area (Å²) in [6, 6.07) is 0. The molecule has 0 N–H and O–H groups in total. The molecule has 0 atom stereocenters. The molecule has 1 nitrogen and oxygen atoms in total. The fraction of sp³-hybridized carbons (Fsp3) is 0.941. The van der Waals surface area contributed by atoms with Crippen molar-refractivity contribution < 1.29 is 4.79 Å². The Labute approximate surface area is 113 Å². The Hall–Kier alpha value is -0.330. The number of carbonyl (C=O) groups is 1. The van der Waals surface area contributed by atoms with Crippen LogP contribution in [0.5, 0.6) is 0 Å². The van der Waals surface area contributed by atoms with Crippen molar-refractivity contribution in [1.82, 2.24) is 0 Å². The van der Waals surface area contributed by atoms with Gasteiger partial charge in [0.05, 0.1) is 0 Å². The van der Waals surface area contributed by atoms with Crippen LogP contribution in [0.1, 0.15) is 78.1 Å². The summed E-state index contributed by atoms with van der Waals surface area (Å²) >= 11 is 0. The van der Waals surface area contributed by atoms with E-state index in [0.717, 1.165) is 24.2 Å². The van der Waals surface area contributed by atoms with E-state index in [2.05, 4.69) is 6.92 Å². The lowest BCUT2D eigenvalue weighted by atomic mass is 9.68. The summed E-state index contributed by atoms with van der Waals surface area (Å²) in [6.07, 6.45) is 13.0. The predicted octanol–water partition coefficient (Wildman–Crippen LogP) is 4.99. The van der Waals surface area contributed by atoms with Gasteiger partial charge in [-0.05, 0) is 56.3 Å². The van der Waals surface area contributed by atoms with Gasteiger partial charge in [0.2, 0.25) is 0 Å². The lowest BCUT2D eigenvalue weighted by molar-refractivity contribution is -0.123. The maximum Gasteiger partial charge on any atom is 0.135 e. The maximum atomic E-state index is 11.7. The van der Waals surface area contributed by atoms with Gasteiger partial charge in [-0.15, -0.1) is 0 Å². The molecule has 1 heteroatoms. The van der Waals surface area contributed by atoms with Crippen LogP contribution >= 0.6 is 0 Å². The molecule has 2 aliphatic rings. The Morgan fingerprint density at radius 2 is 1.33 bits per heavy atom. The number of hydrogen-bond donors (Lipinski definition) is 0. The van der Waals surface area contributed by atoms with Crippen molar-refractivity contribution in [3.63, 3.8) is 0 Å². The average molecular weight is 250 g/mol. The Kier molecular flexibility index (Phi) is 5.26. The van der Waals surface area contributed by atoms with E-state index in [1.807, 2.05) is 6.92 Å². The molecule has 0 heterocycles. The summed E-state index contributed by atoms with van der Waals surface area (Å²) in [5, 5.41) is 0. The van der Waals surface area contributed by atoms with Crippen molar-refractivity contribution in [2.45, 2.75) is 78.1 Å². The summed E-state index contributed by atoms with van der Waals surface area (Å²) in [5.74, 6) is 3.88. The van der Waals surface area contributed by atoms with Gasteiger partial charge in [-0.3, -0.25) is 4.79 Å². The minimum atomic E-state index is 0.415. The lowest BCUT2D eigenvalue weighted by Crippen LogP contribution is -2.28. The molecule has 0 aromatic carbocycles. The zero-order valence-corrected chi connectivity index (χ0v) is 12.3. The highest BCUT2D eigenvalue weighted by molar-refractivity contribution is 5.80. The molecule has 0 aromatic rings. The van der Waals surface area contributed by atoms with Crippen LogP contribution in [0.25, 0.3) is 0 Å². The van der Waals surface area contributed by atoms with E-state index in [0.29, 0.717) is 11.7 Å². The maximum absolute atomic E-state index is 11.7. The third kappa shape index (κ3) is 3.36. The SMILES string of the molecule is CCC(=O)C1CCC(C2CCC(CC)CC2)CC1. The Balaban J connectivity index is 1.75. The highest BCUT2D eigenvalue weighted by atomic mass is 16.1. The highest BCUT2D eigenvalue weighted by Gasteiger charge is 2.31. The van der Waals surface area contributed by atoms with Gasteiger partial charge in [0.15, 0.2) is 0 Å². The van der Waals surface area contributed by atoms with E-state index < -0.39 is 0 Å². The third-order valence-corrected chi connectivity index (χ3v) is 5.71. The first-order valence-electron chi connectivity index (χ1n) is 8.27. The zero-order chi connectivity index (χ0) is 13.0. The number of hydrogen-bond acceptors (Lipinski definition) is 1. The van der Waals surface area contributed by atoms with Crippen LogP contribution in [0.4, 0.5) is 0 Å². The fourth-order valence-electron chi connectivity index (χ4n) is 4.27. The van der Waals surface area contributed by atoms with Crippen LogP contribution in [-0.2, 0) is 4.79 Å². The number of rotatable bonds is 4. The molecule has 104 valence electrons. The number of carbonyl (C=O) groups excluding carboxylic acids is 1. The third-order valence-electron chi connectivity index (χ3n) is 5.71. The summed E-state index contributed by atoms with van der Waals surface area (Å²) in [5.41, 5.74) is 0. The number of Topliss-reactive ketones (excluding diaryl/α,β-unsaturated/α-hetero) is 1. The van der Waals surface area contributed by atoms with E-state index >= 15 is 0 Å². The first-order valence-corrected chi connectivity index (χ1v) is 8.27. The Morgan fingerprint density at radius 1 is 0.833 bits per heavy atom. The Bertz CT molecular complexity index is 255. The van der Waals surface area contributed by atoms with Crippen LogP contribution in [0, 0.1) is 23.7 Å². The van der Waals surface area contributed by atoms with Crippen molar-refractivity contribution in [3.05, 3.63) is 0 Å². The normalized spacial score (nSPS) is 37.4. The lowest BCUT2D eigenvalue weighted by Gasteiger charge is -2.37. The Morgan fingerprint density at radius 3 is 1.78 bits per heavy atom. The molecule has 0 spiro atoms. The van der Waals surface area contributed by atoms with Crippen molar-refractivity contribution >= 4 is 5.78 Å². The standard InChI is InChI=1S/C17H30O/c1-3-13-5-7-14(8-6-13)15-9-11-16(12-10-15)17(18)4-2/h13-16H,3-12H2,1-2H3. The molecule has 2 fully saturated rings. The summed E-state index contributed by atoms with van der Waals surface area (Å²) in [7, 11) is 0. The minimum Gasteiger partial charge on any atom is -0.299 e. The van der Waals surface area contributed by atoms with Gasteiger partial charge < -0.3 is 0 Å². The molecule has 0 unspecified atom stereocenters. The van der Waals surface area contributed by atoms with Gasteiger partial charge >= 0.3 is 0 Å². The monoisotopic (exact) mass is 250 g/mol. The summed E-state index contributed by atoms with van der Waals surface area (Å²) in [4.78, 5) is 11.7. The van der Waals surface area contributed by atoms with Crippen LogP contribution in [0.15, 0.2) is 0 Å². The molecule has 0 bridgehead atoms. The minimum absolute atomic E-state index is 0.415.